The summed E-state index contributed by atoms with van der Waals surface area (Å²) in [6.07, 6.45) is 2.70. The van der Waals surface area contributed by atoms with Crippen LogP contribution in [0.15, 0.2) is 23.7 Å². The van der Waals surface area contributed by atoms with Crippen LogP contribution in [0.5, 0.6) is 0 Å². The number of aromatic nitrogens is 2. The van der Waals surface area contributed by atoms with Crippen molar-refractivity contribution in [1.29, 1.82) is 0 Å². The molecule has 0 bridgehead atoms. The van der Waals surface area contributed by atoms with E-state index in [-0.39, 0.29) is 6.61 Å². The van der Waals surface area contributed by atoms with Gasteiger partial charge in [0.15, 0.2) is 0 Å². The van der Waals surface area contributed by atoms with Gasteiger partial charge in [-0.25, -0.2) is 4.79 Å². The molecule has 1 N–H and O–H groups in total. The lowest BCUT2D eigenvalue weighted by Gasteiger charge is -2.27. The fourth-order valence-electron chi connectivity index (χ4n) is 2.84. The van der Waals surface area contributed by atoms with Crippen molar-refractivity contribution in [3.63, 3.8) is 0 Å². The van der Waals surface area contributed by atoms with Gasteiger partial charge in [-0.1, -0.05) is 6.07 Å². The minimum atomic E-state index is -0.595. The quantitative estimate of drug-likeness (QED) is 0.613. The second-order valence-electron chi connectivity index (χ2n) is 7.53. The van der Waals surface area contributed by atoms with Gasteiger partial charge < -0.3 is 9.84 Å². The Bertz CT molecular complexity index is 946. The first-order valence-corrected chi connectivity index (χ1v) is 10.9. The monoisotopic (exact) mass is 419 g/mol. The van der Waals surface area contributed by atoms with Crippen molar-refractivity contribution < 1.29 is 14.6 Å². The summed E-state index contributed by atoms with van der Waals surface area (Å²) in [6, 6.07) is 3.97. The Balaban J connectivity index is 2.05. The van der Waals surface area contributed by atoms with Crippen molar-refractivity contribution >= 4 is 44.7 Å². The Morgan fingerprint density at radius 2 is 2.14 bits per heavy atom. The van der Waals surface area contributed by atoms with Crippen LogP contribution in [0.25, 0.3) is 10.2 Å². The van der Waals surface area contributed by atoms with Gasteiger partial charge in [-0.3, -0.25) is 4.90 Å². The maximum atomic E-state index is 13.0. The van der Waals surface area contributed by atoms with Crippen LogP contribution in [0.4, 0.5) is 10.5 Å². The van der Waals surface area contributed by atoms with E-state index >= 15 is 0 Å². The van der Waals surface area contributed by atoms with E-state index in [0.717, 1.165) is 32.0 Å². The molecule has 0 fully saturated rings. The number of carbonyl (C=O) groups excluding carboxylic acids is 1. The van der Waals surface area contributed by atoms with Crippen LogP contribution in [0.1, 0.15) is 42.5 Å². The number of amides is 1. The predicted octanol–water partition coefficient (Wildman–Crippen LogP) is 4.93. The maximum absolute atomic E-state index is 13.0. The van der Waals surface area contributed by atoms with E-state index in [0.29, 0.717) is 18.7 Å². The number of aliphatic hydroxyl groups is 1. The molecule has 0 aliphatic carbocycles. The first-order valence-electron chi connectivity index (χ1n) is 9.17. The van der Waals surface area contributed by atoms with Crippen LogP contribution in [0, 0.1) is 6.92 Å². The third-order valence-electron chi connectivity index (χ3n) is 4.14. The summed E-state index contributed by atoms with van der Waals surface area (Å²) in [5.41, 5.74) is 1.97. The third-order valence-corrected chi connectivity index (χ3v) is 6.37. The number of carbonyl (C=O) groups is 1. The molecule has 0 radical (unpaired) electrons. The molecule has 0 unspecified atom stereocenters. The van der Waals surface area contributed by atoms with Crippen LogP contribution in [-0.4, -0.2) is 33.6 Å². The van der Waals surface area contributed by atoms with E-state index < -0.39 is 11.7 Å². The molecule has 8 heteroatoms. The number of rotatable bonds is 6. The summed E-state index contributed by atoms with van der Waals surface area (Å²) < 4.78 is 6.59. The molecule has 6 nitrogen and oxygen atoms in total. The Labute approximate surface area is 172 Å². The zero-order valence-electron chi connectivity index (χ0n) is 16.6. The van der Waals surface area contributed by atoms with Gasteiger partial charge in [0, 0.05) is 16.4 Å². The highest BCUT2D eigenvalue weighted by atomic mass is 32.1. The summed E-state index contributed by atoms with van der Waals surface area (Å²) in [5, 5.41) is 19.6. The van der Waals surface area contributed by atoms with Crippen molar-refractivity contribution in [3.8, 4) is 0 Å². The van der Waals surface area contributed by atoms with Crippen molar-refractivity contribution in [1.82, 2.24) is 10.2 Å². The first kappa shape index (κ1) is 20.7. The van der Waals surface area contributed by atoms with E-state index in [9.17, 15) is 4.79 Å². The van der Waals surface area contributed by atoms with Crippen LogP contribution in [0.3, 0.4) is 0 Å². The van der Waals surface area contributed by atoms with Gasteiger partial charge >= 0.3 is 6.09 Å². The highest BCUT2D eigenvalue weighted by molar-refractivity contribution is 7.19. The van der Waals surface area contributed by atoms with Crippen LogP contribution < -0.4 is 4.90 Å². The van der Waals surface area contributed by atoms with Gasteiger partial charge in [0.2, 0.25) is 0 Å². The SMILES string of the molecule is Cc1c(CCCO)sc2c(N(Cc3cccs3)C(=O)OC(C)(C)C)cnnc12. The molecule has 1 amide bonds. The molecule has 0 aromatic carbocycles. The number of nitrogens with zero attached hydrogens (tertiary/aromatic N) is 3. The average molecular weight is 420 g/mol. The standard InChI is InChI=1S/C20H25N3O3S2/c1-13-16(8-5-9-24)28-18-15(11-21-22-17(13)18)23(12-14-7-6-10-27-14)19(25)26-20(2,3)4/h6-7,10-11,24H,5,8-9,12H2,1-4H3. The zero-order chi connectivity index (χ0) is 20.3. The van der Waals surface area contributed by atoms with Crippen molar-refractivity contribution in [2.75, 3.05) is 11.5 Å². The van der Waals surface area contributed by atoms with E-state index in [1.807, 2.05) is 45.2 Å². The van der Waals surface area contributed by atoms with Crippen molar-refractivity contribution in [2.24, 2.45) is 0 Å². The predicted molar refractivity (Wildman–Crippen MR) is 114 cm³/mol. The maximum Gasteiger partial charge on any atom is 0.415 e. The summed E-state index contributed by atoms with van der Waals surface area (Å²) >= 11 is 3.20. The summed E-state index contributed by atoms with van der Waals surface area (Å²) in [5.74, 6) is 0. The Hall–Kier alpha value is -2.03. The molecular formula is C20H25N3O3S2. The average Bonchev–Trinajstić information content (AvgIpc) is 3.24. The molecular weight excluding hydrogens is 394 g/mol. The van der Waals surface area contributed by atoms with E-state index in [1.165, 1.54) is 0 Å². The molecule has 0 aliphatic rings. The smallest absolute Gasteiger partial charge is 0.415 e. The molecule has 0 saturated heterocycles. The molecule has 150 valence electrons. The number of fused-ring (bicyclic) bond motifs is 1. The molecule has 3 aromatic rings. The topological polar surface area (TPSA) is 75.5 Å². The fraction of sp³-hybridized carbons (Fsp3) is 0.450. The van der Waals surface area contributed by atoms with Gasteiger partial charge in [-0.05, 0) is 57.5 Å². The summed E-state index contributed by atoms with van der Waals surface area (Å²) in [4.78, 5) is 16.9. The molecule has 0 aliphatic heterocycles. The van der Waals surface area contributed by atoms with Crippen molar-refractivity contribution in [3.05, 3.63) is 39.0 Å². The van der Waals surface area contributed by atoms with Gasteiger partial charge in [-0.2, -0.15) is 5.10 Å². The number of hydrogen-bond donors (Lipinski definition) is 1. The minimum Gasteiger partial charge on any atom is -0.443 e. The van der Waals surface area contributed by atoms with Gasteiger partial charge in [0.1, 0.15) is 11.1 Å². The fourth-order valence-corrected chi connectivity index (χ4v) is 4.83. The van der Waals surface area contributed by atoms with E-state index in [1.54, 1.807) is 33.8 Å². The molecule has 3 aromatic heterocycles. The zero-order valence-corrected chi connectivity index (χ0v) is 18.2. The van der Waals surface area contributed by atoms with Gasteiger partial charge in [0.25, 0.3) is 0 Å². The first-order chi connectivity index (χ1) is 13.3. The summed E-state index contributed by atoms with van der Waals surface area (Å²) in [6.45, 7) is 8.15. The number of thiophene rings is 2. The van der Waals surface area contributed by atoms with E-state index in [4.69, 9.17) is 9.84 Å². The number of hydrogen-bond acceptors (Lipinski definition) is 7. The second-order valence-corrected chi connectivity index (χ2v) is 9.67. The minimum absolute atomic E-state index is 0.147. The van der Waals surface area contributed by atoms with Crippen LogP contribution >= 0.6 is 22.7 Å². The van der Waals surface area contributed by atoms with Gasteiger partial charge in [0.05, 0.1) is 23.1 Å². The molecule has 0 spiro atoms. The Morgan fingerprint density at radius 1 is 1.36 bits per heavy atom. The lowest BCUT2D eigenvalue weighted by molar-refractivity contribution is 0.0578. The lowest BCUT2D eigenvalue weighted by Crippen LogP contribution is -2.36. The number of aliphatic hydroxyl groups excluding tert-OH is 1. The van der Waals surface area contributed by atoms with E-state index in [2.05, 4.69) is 10.2 Å². The number of anilines is 1. The second kappa shape index (κ2) is 8.55. The van der Waals surface area contributed by atoms with Crippen molar-refractivity contribution in [2.45, 2.75) is 52.7 Å². The Kier molecular flexibility index (Phi) is 6.32. The number of ether oxygens (including phenoxy) is 1. The highest BCUT2D eigenvalue weighted by Gasteiger charge is 2.27. The molecule has 0 saturated carbocycles. The number of aryl methyl sites for hydroxylation is 2. The third kappa shape index (κ3) is 4.68. The normalized spacial score (nSPS) is 11.8. The molecule has 0 atom stereocenters. The van der Waals surface area contributed by atoms with Gasteiger partial charge in [-0.15, -0.1) is 27.8 Å². The van der Waals surface area contributed by atoms with Crippen LogP contribution in [0.2, 0.25) is 0 Å². The lowest BCUT2D eigenvalue weighted by atomic mass is 10.2. The van der Waals surface area contributed by atoms with Crippen LogP contribution in [-0.2, 0) is 17.7 Å². The molecule has 3 heterocycles. The highest BCUT2D eigenvalue weighted by Crippen LogP contribution is 2.37. The largest absolute Gasteiger partial charge is 0.443 e. The Morgan fingerprint density at radius 3 is 2.79 bits per heavy atom. The molecule has 28 heavy (non-hydrogen) atoms. The molecule has 3 rings (SSSR count). The summed E-state index contributed by atoms with van der Waals surface area (Å²) in [7, 11) is 0.